The summed E-state index contributed by atoms with van der Waals surface area (Å²) in [6.07, 6.45) is 0. The molecule has 0 fully saturated rings. The summed E-state index contributed by atoms with van der Waals surface area (Å²) in [6.45, 7) is 9.67. The second-order valence-electron chi connectivity index (χ2n) is 19.2. The predicted octanol–water partition coefficient (Wildman–Crippen LogP) is 20.4. The molecular weight excluding hydrogens is 969 g/mol. The highest BCUT2D eigenvalue weighted by molar-refractivity contribution is 7.28. The topological polar surface area (TPSA) is 38.0 Å². The molecule has 16 rings (SSSR count). The first kappa shape index (κ1) is 42.2. The van der Waals surface area contributed by atoms with Gasteiger partial charge in [-0.2, -0.15) is 5.26 Å². The Balaban J connectivity index is 1.16. The fourth-order valence-corrected chi connectivity index (χ4v) is 16.1. The van der Waals surface area contributed by atoms with Crippen molar-refractivity contribution in [2.24, 2.45) is 0 Å². The molecule has 0 spiro atoms. The zero-order valence-corrected chi connectivity index (χ0v) is 42.2. The Morgan fingerprint density at radius 3 is 1.39 bits per heavy atom. The zero-order chi connectivity index (χ0) is 49.5. The van der Waals surface area contributed by atoms with Crippen LogP contribution in [-0.2, 0) is 0 Å². The Kier molecular flexibility index (Phi) is 9.05. The van der Waals surface area contributed by atoms with Gasteiger partial charge in [0.15, 0.2) is 0 Å². The van der Waals surface area contributed by atoms with Crippen LogP contribution in [0.4, 0.5) is 5.69 Å². The van der Waals surface area contributed by atoms with E-state index in [0.29, 0.717) is 16.9 Å². The molecule has 0 aliphatic rings. The second kappa shape index (κ2) is 16.1. The smallest absolute Gasteiger partial charge is 0.221 e. The van der Waals surface area contributed by atoms with Gasteiger partial charge in [0.2, 0.25) is 5.69 Å². The summed E-state index contributed by atoms with van der Waals surface area (Å²) in [4.78, 5) is 4.73. The number of para-hydroxylation sites is 1. The predicted molar refractivity (Wildman–Crippen MR) is 321 cm³/mol. The summed E-state index contributed by atoms with van der Waals surface area (Å²) in [5.74, 6) is 0. The van der Waals surface area contributed by atoms with E-state index in [4.69, 9.17) is 4.85 Å². The Morgan fingerprint density at radius 1 is 0.360 bits per heavy atom. The van der Waals surface area contributed by atoms with Crippen LogP contribution in [0, 0.1) is 17.9 Å². The highest BCUT2D eigenvalue weighted by Gasteiger charge is 2.33. The molecule has 0 aliphatic carbocycles. The average Bonchev–Trinajstić information content (AvgIpc) is 4.30. The van der Waals surface area contributed by atoms with E-state index >= 15 is 0 Å². The highest BCUT2D eigenvalue weighted by atomic mass is 32.1. The number of thiophene rings is 3. The van der Waals surface area contributed by atoms with Crippen molar-refractivity contribution in [2.45, 2.75) is 0 Å². The van der Waals surface area contributed by atoms with Crippen molar-refractivity contribution in [2.75, 3.05) is 0 Å². The Morgan fingerprint density at radius 2 is 0.800 bits per heavy atom. The van der Waals surface area contributed by atoms with Crippen molar-refractivity contribution in [3.63, 3.8) is 0 Å². The monoisotopic (exact) mass is 1000 g/mol. The molecule has 346 valence electrons. The lowest BCUT2D eigenvalue weighted by atomic mass is 9.88. The molecule has 0 atom stereocenters. The van der Waals surface area contributed by atoms with E-state index < -0.39 is 0 Å². The van der Waals surface area contributed by atoms with E-state index in [1.807, 2.05) is 34.8 Å². The molecule has 0 aliphatic heterocycles. The van der Waals surface area contributed by atoms with Gasteiger partial charge < -0.3 is 9.13 Å². The van der Waals surface area contributed by atoms with Crippen LogP contribution in [0.2, 0.25) is 0 Å². The summed E-state index contributed by atoms with van der Waals surface area (Å²) < 4.78 is 11.8. The molecule has 0 N–H and O–H groups in total. The molecule has 16 aromatic rings. The number of nitriles is 1. The SMILES string of the molecule is [C-]#[N+]c1c(-c2ccccc2)c(-n2c3c(ccc4c5ccccc5sc43)c3ccc4c5ccccc5sc4c32)c(-c2ccccc2)c(C#N)c1-n1c2ccccc2c2ccc3c4cccc(-c5ccccc5)c4sc3c21. The third kappa shape index (κ3) is 5.83. The quantitative estimate of drug-likeness (QED) is 0.158. The third-order valence-corrected chi connectivity index (χ3v) is 19.0. The lowest BCUT2D eigenvalue weighted by Gasteiger charge is -2.26. The van der Waals surface area contributed by atoms with E-state index in [9.17, 15) is 11.8 Å². The average molecular weight is 1010 g/mol. The highest BCUT2D eigenvalue weighted by Crippen LogP contribution is 2.56. The molecule has 0 saturated heterocycles. The number of benzene rings is 11. The van der Waals surface area contributed by atoms with Gasteiger partial charge in [0.05, 0.1) is 59.7 Å². The van der Waals surface area contributed by atoms with Gasteiger partial charge in [0.25, 0.3) is 0 Å². The van der Waals surface area contributed by atoms with Crippen molar-refractivity contribution >= 4 is 144 Å². The maximum atomic E-state index is 12.4. The van der Waals surface area contributed by atoms with Gasteiger partial charge in [0.1, 0.15) is 6.07 Å². The van der Waals surface area contributed by atoms with Gasteiger partial charge in [-0.05, 0) is 40.5 Å². The van der Waals surface area contributed by atoms with Crippen LogP contribution in [0.15, 0.2) is 218 Å². The van der Waals surface area contributed by atoms with Crippen LogP contribution in [0.25, 0.3) is 154 Å². The third-order valence-electron chi connectivity index (χ3n) is 15.4. The fourth-order valence-electron chi connectivity index (χ4n) is 12.3. The maximum Gasteiger partial charge on any atom is 0.221 e. The van der Waals surface area contributed by atoms with E-state index in [1.54, 1.807) is 11.3 Å². The molecule has 5 heterocycles. The van der Waals surface area contributed by atoms with E-state index in [0.717, 1.165) is 96.6 Å². The van der Waals surface area contributed by atoms with Crippen LogP contribution >= 0.6 is 34.0 Å². The van der Waals surface area contributed by atoms with Crippen LogP contribution in [0.5, 0.6) is 0 Å². The van der Waals surface area contributed by atoms with Gasteiger partial charge in [-0.1, -0.05) is 200 Å². The number of fused-ring (bicyclic) bond motifs is 18. The molecular formula is C68H36N4S3. The van der Waals surface area contributed by atoms with Gasteiger partial charge in [0, 0.05) is 79.1 Å². The molecule has 0 unspecified atom stereocenters. The van der Waals surface area contributed by atoms with Crippen molar-refractivity contribution in [3.05, 3.63) is 235 Å². The number of aromatic nitrogens is 2. The first-order valence-corrected chi connectivity index (χ1v) is 27.4. The van der Waals surface area contributed by atoms with Crippen molar-refractivity contribution in [1.82, 2.24) is 9.13 Å². The maximum absolute atomic E-state index is 12.4. The largest absolute Gasteiger partial charge is 0.316 e. The van der Waals surface area contributed by atoms with Crippen molar-refractivity contribution < 1.29 is 0 Å². The minimum absolute atomic E-state index is 0.417. The fraction of sp³-hybridized carbons (Fsp3) is 0. The summed E-state index contributed by atoms with van der Waals surface area (Å²) in [6, 6.07) is 80.6. The van der Waals surface area contributed by atoms with Crippen molar-refractivity contribution in [3.8, 4) is 50.8 Å². The summed E-state index contributed by atoms with van der Waals surface area (Å²) in [7, 11) is 0. The minimum atomic E-state index is 0.417. The molecule has 0 amide bonds. The first-order chi connectivity index (χ1) is 37.2. The number of hydrogen-bond acceptors (Lipinski definition) is 4. The second-order valence-corrected chi connectivity index (χ2v) is 22.3. The van der Waals surface area contributed by atoms with Gasteiger partial charge in [-0.25, -0.2) is 4.85 Å². The normalized spacial score (nSPS) is 12.0. The Bertz CT molecular complexity index is 4990. The molecule has 5 aromatic heterocycles. The van der Waals surface area contributed by atoms with Gasteiger partial charge in [-0.3, -0.25) is 0 Å². The number of nitrogens with zero attached hydrogens (tertiary/aromatic N) is 4. The van der Waals surface area contributed by atoms with Crippen LogP contribution in [0.3, 0.4) is 0 Å². The number of hydrogen-bond donors (Lipinski definition) is 0. The molecule has 11 aromatic carbocycles. The van der Waals surface area contributed by atoms with E-state index in [1.165, 1.54) is 46.6 Å². The molecule has 7 heteroatoms. The summed E-state index contributed by atoms with van der Waals surface area (Å²) in [5.41, 5.74) is 12.0. The van der Waals surface area contributed by atoms with Gasteiger partial charge >= 0.3 is 0 Å². The molecule has 4 nitrogen and oxygen atoms in total. The Labute approximate surface area is 441 Å². The molecule has 0 saturated carbocycles. The van der Waals surface area contributed by atoms with E-state index in [2.05, 4.69) is 221 Å². The van der Waals surface area contributed by atoms with Crippen molar-refractivity contribution in [1.29, 1.82) is 5.26 Å². The van der Waals surface area contributed by atoms with Crippen LogP contribution in [-0.4, -0.2) is 9.13 Å². The molecule has 0 bridgehead atoms. The van der Waals surface area contributed by atoms with E-state index in [-0.39, 0.29) is 0 Å². The Hall–Kier alpha value is -9.34. The molecule has 75 heavy (non-hydrogen) atoms. The standard InChI is InChI=1S/C68H36N4S3/c1-70-59-58(41-22-9-4-10-23-41)64(72-62-47(33-35-50-44-25-12-15-30-55(44)73-66(50)62)48-34-36-51-45-26-13-16-31-56(45)74-67(51)63(48)72)57(40-20-7-3-8-21-40)53(38-69)60(59)71-54-29-14-11-24-43(54)46-32-37-52-49-28-17-27-42(39-18-5-2-6-19-39)65(49)75-68(52)61(46)71/h2-37H. The zero-order valence-electron chi connectivity index (χ0n) is 39.8. The summed E-state index contributed by atoms with van der Waals surface area (Å²) in [5, 5.41) is 23.9. The number of rotatable bonds is 5. The lowest BCUT2D eigenvalue weighted by Crippen LogP contribution is -2.08. The van der Waals surface area contributed by atoms with Gasteiger partial charge in [-0.15, -0.1) is 34.0 Å². The molecule has 0 radical (unpaired) electrons. The minimum Gasteiger partial charge on any atom is -0.316 e. The van der Waals surface area contributed by atoms with Crippen LogP contribution < -0.4 is 0 Å². The summed E-state index contributed by atoms with van der Waals surface area (Å²) >= 11 is 5.41. The first-order valence-electron chi connectivity index (χ1n) is 24.9. The lowest BCUT2D eigenvalue weighted by molar-refractivity contribution is 1.15. The van der Waals surface area contributed by atoms with Crippen LogP contribution in [0.1, 0.15) is 5.56 Å².